The van der Waals surface area contributed by atoms with Crippen molar-refractivity contribution >= 4 is 11.9 Å². The molecule has 7 nitrogen and oxygen atoms in total. The summed E-state index contributed by atoms with van der Waals surface area (Å²) in [5, 5.41) is 0. The van der Waals surface area contributed by atoms with Crippen LogP contribution in [0, 0.1) is 12.3 Å². The summed E-state index contributed by atoms with van der Waals surface area (Å²) in [7, 11) is 1.42. The highest BCUT2D eigenvalue weighted by atomic mass is 16.5. The first-order valence-corrected chi connectivity index (χ1v) is 8.84. The molecule has 1 aromatic rings. The van der Waals surface area contributed by atoms with E-state index in [2.05, 4.69) is 14.9 Å². The Bertz CT molecular complexity index is 634. The van der Waals surface area contributed by atoms with Crippen molar-refractivity contribution < 1.29 is 14.3 Å². The normalized spacial score (nSPS) is 24.6. The SMILES string of the molecule is COC(=O)CN1CCC[C@@]2(CCC(=O)N(Cc3cnc(C)cn3)C2)C1. The van der Waals surface area contributed by atoms with Crippen LogP contribution in [0.4, 0.5) is 0 Å². The number of piperidine rings is 2. The Kier molecular flexibility index (Phi) is 5.32. The number of carbonyl (C=O) groups is 2. The van der Waals surface area contributed by atoms with Gasteiger partial charge in [0.15, 0.2) is 0 Å². The number of rotatable bonds is 4. The van der Waals surface area contributed by atoms with E-state index in [0.717, 1.165) is 50.3 Å². The lowest BCUT2D eigenvalue weighted by molar-refractivity contribution is -0.146. The van der Waals surface area contributed by atoms with E-state index in [1.54, 1.807) is 12.4 Å². The van der Waals surface area contributed by atoms with Crippen LogP contribution >= 0.6 is 0 Å². The van der Waals surface area contributed by atoms with E-state index in [1.807, 2.05) is 11.8 Å². The van der Waals surface area contributed by atoms with Crippen molar-refractivity contribution in [3.63, 3.8) is 0 Å². The third-order valence-electron chi connectivity index (χ3n) is 5.26. The van der Waals surface area contributed by atoms with Gasteiger partial charge in [-0.25, -0.2) is 0 Å². The molecular formula is C18H26N4O3. The Morgan fingerprint density at radius 1 is 1.28 bits per heavy atom. The molecule has 2 aliphatic rings. The summed E-state index contributed by atoms with van der Waals surface area (Å²) in [5.74, 6) is -0.0196. The lowest BCUT2D eigenvalue weighted by atomic mass is 9.73. The molecule has 1 atom stereocenters. The molecule has 1 aromatic heterocycles. The number of carbonyl (C=O) groups excluding carboxylic acids is 2. The van der Waals surface area contributed by atoms with Gasteiger partial charge in [0.05, 0.1) is 37.8 Å². The smallest absolute Gasteiger partial charge is 0.319 e. The van der Waals surface area contributed by atoms with Gasteiger partial charge in [0.1, 0.15) is 0 Å². The second kappa shape index (κ2) is 7.47. The first kappa shape index (κ1) is 17.8. The Labute approximate surface area is 148 Å². The summed E-state index contributed by atoms with van der Waals surface area (Å²) in [6.45, 7) is 5.20. The number of ether oxygens (including phenoxy) is 1. The van der Waals surface area contributed by atoms with Crippen molar-refractivity contribution in [2.24, 2.45) is 5.41 Å². The number of esters is 1. The van der Waals surface area contributed by atoms with E-state index in [0.29, 0.717) is 19.5 Å². The average molecular weight is 346 g/mol. The van der Waals surface area contributed by atoms with Gasteiger partial charge in [-0.3, -0.25) is 24.5 Å². The third kappa shape index (κ3) is 4.34. The first-order chi connectivity index (χ1) is 12.0. The Morgan fingerprint density at radius 2 is 2.12 bits per heavy atom. The van der Waals surface area contributed by atoms with E-state index in [9.17, 15) is 9.59 Å². The van der Waals surface area contributed by atoms with Gasteiger partial charge in [-0.1, -0.05) is 0 Å². The van der Waals surface area contributed by atoms with Crippen LogP contribution < -0.4 is 0 Å². The van der Waals surface area contributed by atoms with Crippen LogP contribution in [0.25, 0.3) is 0 Å². The standard InChI is InChI=1S/C18H26N4O3/c1-14-8-20-15(9-19-14)10-22-13-18(6-4-16(22)23)5-3-7-21(12-18)11-17(24)25-2/h8-9H,3-7,10-13H2,1-2H3/t18-/m1/s1. The fourth-order valence-corrected chi connectivity index (χ4v) is 3.97. The summed E-state index contributed by atoms with van der Waals surface area (Å²) in [6.07, 6.45) is 7.06. The van der Waals surface area contributed by atoms with E-state index in [1.165, 1.54) is 7.11 Å². The number of nitrogens with zero attached hydrogens (tertiary/aromatic N) is 4. The van der Waals surface area contributed by atoms with Crippen molar-refractivity contribution in [2.45, 2.75) is 39.2 Å². The summed E-state index contributed by atoms with van der Waals surface area (Å²) in [6, 6.07) is 0. The quantitative estimate of drug-likeness (QED) is 0.762. The molecule has 1 amide bonds. The summed E-state index contributed by atoms with van der Waals surface area (Å²) < 4.78 is 4.80. The van der Waals surface area contributed by atoms with Crippen LogP contribution in [-0.2, 0) is 20.9 Å². The zero-order valence-corrected chi connectivity index (χ0v) is 15.0. The van der Waals surface area contributed by atoms with Crippen LogP contribution in [0.15, 0.2) is 12.4 Å². The molecule has 25 heavy (non-hydrogen) atoms. The highest BCUT2D eigenvalue weighted by Gasteiger charge is 2.42. The van der Waals surface area contributed by atoms with Crippen molar-refractivity contribution in [2.75, 3.05) is 33.3 Å². The average Bonchev–Trinajstić information content (AvgIpc) is 2.60. The molecule has 0 N–H and O–H groups in total. The molecular weight excluding hydrogens is 320 g/mol. The van der Waals surface area contributed by atoms with Crippen molar-refractivity contribution in [3.05, 3.63) is 23.8 Å². The predicted octanol–water partition coefficient (Wildman–Crippen LogP) is 1.16. The minimum absolute atomic E-state index is 0.0678. The Balaban J connectivity index is 1.67. The molecule has 0 aromatic carbocycles. The van der Waals surface area contributed by atoms with Gasteiger partial charge in [-0.2, -0.15) is 0 Å². The van der Waals surface area contributed by atoms with Gasteiger partial charge in [-0.05, 0) is 32.7 Å². The third-order valence-corrected chi connectivity index (χ3v) is 5.26. The maximum absolute atomic E-state index is 12.4. The number of aryl methyl sites for hydroxylation is 1. The van der Waals surface area contributed by atoms with Crippen LogP contribution in [0.2, 0.25) is 0 Å². The van der Waals surface area contributed by atoms with Gasteiger partial charge in [0.2, 0.25) is 5.91 Å². The minimum atomic E-state index is -0.198. The minimum Gasteiger partial charge on any atom is -0.468 e. The summed E-state index contributed by atoms with van der Waals surface area (Å²) in [4.78, 5) is 36.7. The molecule has 7 heteroatoms. The Morgan fingerprint density at radius 3 is 2.84 bits per heavy atom. The van der Waals surface area contributed by atoms with Crippen LogP contribution in [-0.4, -0.2) is 64.9 Å². The predicted molar refractivity (Wildman–Crippen MR) is 91.5 cm³/mol. The molecule has 3 heterocycles. The highest BCUT2D eigenvalue weighted by Crippen LogP contribution is 2.39. The first-order valence-electron chi connectivity index (χ1n) is 8.84. The van der Waals surface area contributed by atoms with Gasteiger partial charge in [-0.15, -0.1) is 0 Å². The van der Waals surface area contributed by atoms with Crippen LogP contribution in [0.5, 0.6) is 0 Å². The number of hydrogen-bond acceptors (Lipinski definition) is 6. The molecule has 2 aliphatic heterocycles. The second-order valence-electron chi connectivity index (χ2n) is 7.29. The maximum Gasteiger partial charge on any atom is 0.319 e. The molecule has 0 radical (unpaired) electrons. The zero-order chi connectivity index (χ0) is 17.9. The molecule has 2 saturated heterocycles. The van der Waals surface area contributed by atoms with Crippen molar-refractivity contribution in [1.29, 1.82) is 0 Å². The Hall–Kier alpha value is -2.02. The topological polar surface area (TPSA) is 75.6 Å². The van der Waals surface area contributed by atoms with E-state index in [-0.39, 0.29) is 17.3 Å². The van der Waals surface area contributed by atoms with E-state index < -0.39 is 0 Å². The number of methoxy groups -OCH3 is 1. The molecule has 0 saturated carbocycles. The number of likely N-dealkylation sites (tertiary alicyclic amines) is 2. The van der Waals surface area contributed by atoms with Gasteiger partial charge in [0.25, 0.3) is 0 Å². The van der Waals surface area contributed by atoms with Gasteiger partial charge in [0, 0.05) is 31.1 Å². The number of amides is 1. The zero-order valence-electron chi connectivity index (χ0n) is 15.0. The van der Waals surface area contributed by atoms with E-state index >= 15 is 0 Å². The lowest BCUT2D eigenvalue weighted by Gasteiger charge is -2.48. The molecule has 0 bridgehead atoms. The molecule has 1 spiro atoms. The summed E-state index contributed by atoms with van der Waals surface area (Å²) >= 11 is 0. The van der Waals surface area contributed by atoms with Crippen LogP contribution in [0.3, 0.4) is 0 Å². The largest absolute Gasteiger partial charge is 0.468 e. The van der Waals surface area contributed by atoms with Crippen molar-refractivity contribution in [3.8, 4) is 0 Å². The number of hydrogen-bond donors (Lipinski definition) is 0. The monoisotopic (exact) mass is 346 g/mol. The molecule has 136 valence electrons. The lowest BCUT2D eigenvalue weighted by Crippen LogP contribution is -2.54. The molecule has 0 aliphatic carbocycles. The number of aromatic nitrogens is 2. The molecule has 0 unspecified atom stereocenters. The maximum atomic E-state index is 12.4. The van der Waals surface area contributed by atoms with Gasteiger partial charge >= 0.3 is 5.97 Å². The fraction of sp³-hybridized carbons (Fsp3) is 0.667. The highest BCUT2D eigenvalue weighted by molar-refractivity contribution is 5.77. The fourth-order valence-electron chi connectivity index (χ4n) is 3.97. The second-order valence-corrected chi connectivity index (χ2v) is 7.29. The van der Waals surface area contributed by atoms with E-state index in [4.69, 9.17) is 4.74 Å². The van der Waals surface area contributed by atoms with Crippen molar-refractivity contribution in [1.82, 2.24) is 19.8 Å². The molecule has 3 rings (SSSR count). The van der Waals surface area contributed by atoms with Crippen LogP contribution in [0.1, 0.15) is 37.1 Å². The van der Waals surface area contributed by atoms with Gasteiger partial charge < -0.3 is 9.64 Å². The molecule has 2 fully saturated rings. The summed E-state index contributed by atoms with van der Waals surface area (Å²) in [5.41, 5.74) is 1.76.